The van der Waals surface area contributed by atoms with Crippen molar-refractivity contribution in [1.29, 1.82) is 0 Å². The molecule has 2 rings (SSSR count). The van der Waals surface area contributed by atoms with Crippen molar-refractivity contribution >= 4 is 5.97 Å². The van der Waals surface area contributed by atoms with Crippen LogP contribution in [0.25, 0.3) is 0 Å². The van der Waals surface area contributed by atoms with Crippen LogP contribution in [0.15, 0.2) is 18.2 Å². The van der Waals surface area contributed by atoms with Gasteiger partial charge in [-0.2, -0.15) is 0 Å². The molecule has 1 aliphatic rings. The van der Waals surface area contributed by atoms with Gasteiger partial charge in [-0.05, 0) is 25.5 Å². The van der Waals surface area contributed by atoms with E-state index in [1.807, 2.05) is 0 Å². The Hall–Kier alpha value is -1.49. The van der Waals surface area contributed by atoms with E-state index in [4.69, 9.17) is 5.11 Å². The zero-order chi connectivity index (χ0) is 12.6. The van der Waals surface area contributed by atoms with Crippen molar-refractivity contribution in [3.05, 3.63) is 35.4 Å². The topological polar surface area (TPSA) is 49.3 Å². The van der Waals surface area contributed by atoms with E-state index < -0.39 is 23.5 Å². The number of carboxylic acids is 1. The Balaban J connectivity index is 2.22. The van der Waals surface area contributed by atoms with Gasteiger partial charge in [0.05, 0.1) is 5.92 Å². The first-order valence-corrected chi connectivity index (χ1v) is 5.39. The second-order valence-corrected chi connectivity index (χ2v) is 4.28. The maximum absolute atomic E-state index is 13.6. The highest BCUT2D eigenvalue weighted by molar-refractivity contribution is 5.73. The maximum Gasteiger partial charge on any atom is 0.306 e. The van der Waals surface area contributed by atoms with Gasteiger partial charge in [-0.15, -0.1) is 0 Å². The molecule has 1 aliphatic carbocycles. The number of rotatable bonds is 4. The van der Waals surface area contributed by atoms with Crippen LogP contribution in [0.5, 0.6) is 0 Å². The van der Waals surface area contributed by atoms with Gasteiger partial charge in [0.1, 0.15) is 11.6 Å². The highest BCUT2D eigenvalue weighted by Crippen LogP contribution is 2.47. The van der Waals surface area contributed by atoms with Crippen LogP contribution in [-0.2, 0) is 4.79 Å². The van der Waals surface area contributed by atoms with E-state index in [2.05, 4.69) is 5.32 Å². The summed E-state index contributed by atoms with van der Waals surface area (Å²) in [6.07, 6.45) is 0.525. The van der Waals surface area contributed by atoms with Gasteiger partial charge in [0.15, 0.2) is 0 Å². The van der Waals surface area contributed by atoms with Gasteiger partial charge in [-0.1, -0.05) is 6.07 Å². The number of carboxylic acid groups (broad SMARTS) is 1. The van der Waals surface area contributed by atoms with Gasteiger partial charge in [0.2, 0.25) is 0 Å². The Bertz CT molecular complexity index is 450. The molecular formula is C12H13F2NO2. The molecule has 2 N–H and O–H groups in total. The van der Waals surface area contributed by atoms with Crippen molar-refractivity contribution in [2.75, 3.05) is 7.05 Å². The number of halogens is 2. The van der Waals surface area contributed by atoms with E-state index in [1.54, 1.807) is 7.05 Å². The van der Waals surface area contributed by atoms with Crippen LogP contribution in [0.4, 0.5) is 8.78 Å². The normalized spacial score (nSPS) is 24.4. The number of aliphatic carboxylic acids is 1. The highest BCUT2D eigenvalue weighted by atomic mass is 19.1. The van der Waals surface area contributed by atoms with E-state index in [-0.39, 0.29) is 12.0 Å². The quantitative estimate of drug-likeness (QED) is 0.847. The van der Waals surface area contributed by atoms with Gasteiger partial charge in [0, 0.05) is 17.7 Å². The molecule has 0 radical (unpaired) electrons. The van der Waals surface area contributed by atoms with Crippen LogP contribution in [0.3, 0.4) is 0 Å². The average molecular weight is 241 g/mol. The Morgan fingerprint density at radius 1 is 1.53 bits per heavy atom. The van der Waals surface area contributed by atoms with Gasteiger partial charge >= 0.3 is 5.97 Å². The molecule has 0 bridgehead atoms. The van der Waals surface area contributed by atoms with Gasteiger partial charge in [-0.25, -0.2) is 8.78 Å². The predicted octanol–water partition coefficient (Wildman–Crippen LogP) is 1.95. The van der Waals surface area contributed by atoms with Crippen molar-refractivity contribution < 1.29 is 18.7 Å². The molecule has 92 valence electrons. The van der Waals surface area contributed by atoms with Gasteiger partial charge in [0.25, 0.3) is 0 Å². The van der Waals surface area contributed by atoms with Crippen LogP contribution in [0, 0.1) is 23.5 Å². The standard InChI is InChI=1S/C12H13F2NO2/c1-15-11(8-5-9(8)12(16)17)7-3-2-6(13)4-10(7)14/h2-4,8-9,11,15H,5H2,1H3,(H,16,17). The minimum atomic E-state index is -0.863. The molecule has 1 fully saturated rings. The lowest BCUT2D eigenvalue weighted by Crippen LogP contribution is -2.21. The van der Waals surface area contributed by atoms with E-state index in [1.165, 1.54) is 12.1 Å². The molecule has 1 aromatic carbocycles. The molecule has 0 heterocycles. The van der Waals surface area contributed by atoms with E-state index in [0.717, 1.165) is 6.07 Å². The lowest BCUT2D eigenvalue weighted by atomic mass is 10.0. The first-order valence-electron chi connectivity index (χ1n) is 5.39. The van der Waals surface area contributed by atoms with Crippen molar-refractivity contribution in [2.24, 2.45) is 11.8 Å². The second kappa shape index (κ2) is 4.41. The summed E-state index contributed by atoms with van der Waals surface area (Å²) in [5, 5.41) is 11.7. The fraction of sp³-hybridized carbons (Fsp3) is 0.417. The second-order valence-electron chi connectivity index (χ2n) is 4.28. The van der Waals surface area contributed by atoms with E-state index >= 15 is 0 Å². The smallest absolute Gasteiger partial charge is 0.306 e. The van der Waals surface area contributed by atoms with Crippen LogP contribution >= 0.6 is 0 Å². The van der Waals surface area contributed by atoms with Crippen LogP contribution in [-0.4, -0.2) is 18.1 Å². The van der Waals surface area contributed by atoms with Crippen LogP contribution in [0.1, 0.15) is 18.0 Å². The number of benzene rings is 1. The Labute approximate surface area is 97.5 Å². The molecule has 3 atom stereocenters. The highest BCUT2D eigenvalue weighted by Gasteiger charge is 2.48. The molecule has 17 heavy (non-hydrogen) atoms. The summed E-state index contributed by atoms with van der Waals surface area (Å²) < 4.78 is 26.4. The van der Waals surface area contributed by atoms with E-state index in [0.29, 0.717) is 12.0 Å². The molecule has 0 aromatic heterocycles. The molecule has 3 unspecified atom stereocenters. The van der Waals surface area contributed by atoms with Crippen molar-refractivity contribution in [1.82, 2.24) is 5.32 Å². The third kappa shape index (κ3) is 2.29. The summed E-state index contributed by atoms with van der Waals surface area (Å²) in [6.45, 7) is 0. The monoisotopic (exact) mass is 241 g/mol. The molecule has 3 nitrogen and oxygen atoms in total. The molecule has 0 amide bonds. The predicted molar refractivity (Wildman–Crippen MR) is 57.4 cm³/mol. The number of carbonyl (C=O) groups is 1. The molecule has 1 saturated carbocycles. The van der Waals surface area contributed by atoms with Crippen LogP contribution in [0.2, 0.25) is 0 Å². The third-order valence-electron chi connectivity index (χ3n) is 3.19. The summed E-state index contributed by atoms with van der Waals surface area (Å²) in [5.41, 5.74) is 0.322. The SMILES string of the molecule is CNC(c1ccc(F)cc1F)C1CC1C(=O)O. The minimum absolute atomic E-state index is 0.127. The summed E-state index contributed by atoms with van der Waals surface area (Å²) in [6, 6.07) is 2.98. The third-order valence-corrected chi connectivity index (χ3v) is 3.19. The van der Waals surface area contributed by atoms with Crippen molar-refractivity contribution in [3.8, 4) is 0 Å². The molecule has 1 aromatic rings. The lowest BCUT2D eigenvalue weighted by molar-refractivity contribution is -0.138. The minimum Gasteiger partial charge on any atom is -0.481 e. The maximum atomic E-state index is 13.6. The molecule has 0 aliphatic heterocycles. The number of nitrogens with one attached hydrogen (secondary N) is 1. The van der Waals surface area contributed by atoms with Gasteiger partial charge < -0.3 is 10.4 Å². The van der Waals surface area contributed by atoms with Crippen molar-refractivity contribution in [2.45, 2.75) is 12.5 Å². The summed E-state index contributed by atoms with van der Waals surface area (Å²) in [7, 11) is 1.64. The van der Waals surface area contributed by atoms with Crippen LogP contribution < -0.4 is 5.32 Å². The zero-order valence-electron chi connectivity index (χ0n) is 9.28. The molecule has 5 heteroatoms. The van der Waals surface area contributed by atoms with E-state index in [9.17, 15) is 13.6 Å². The fourth-order valence-corrected chi connectivity index (χ4v) is 2.22. The first-order chi connectivity index (χ1) is 8.04. The summed E-state index contributed by atoms with van der Waals surface area (Å²) in [4.78, 5) is 10.8. The Morgan fingerprint density at radius 2 is 2.24 bits per heavy atom. The largest absolute Gasteiger partial charge is 0.481 e. The Morgan fingerprint density at radius 3 is 2.71 bits per heavy atom. The number of hydrogen-bond acceptors (Lipinski definition) is 2. The fourth-order valence-electron chi connectivity index (χ4n) is 2.22. The molecule has 0 saturated heterocycles. The number of hydrogen-bond donors (Lipinski definition) is 2. The average Bonchev–Trinajstić information content (AvgIpc) is 3.02. The van der Waals surface area contributed by atoms with Crippen molar-refractivity contribution in [3.63, 3.8) is 0 Å². The molecular weight excluding hydrogens is 228 g/mol. The summed E-state index contributed by atoms with van der Waals surface area (Å²) >= 11 is 0. The zero-order valence-corrected chi connectivity index (χ0v) is 9.28. The summed E-state index contributed by atoms with van der Waals surface area (Å²) in [5.74, 6) is -2.70. The first kappa shape index (κ1) is 12.0. The Kier molecular flexibility index (Phi) is 3.11. The lowest BCUT2D eigenvalue weighted by Gasteiger charge is -2.17. The van der Waals surface area contributed by atoms with Gasteiger partial charge in [-0.3, -0.25) is 4.79 Å². The molecule has 0 spiro atoms.